The molecule has 4 heteroatoms. The quantitative estimate of drug-likeness (QED) is 0.913. The molecule has 0 spiro atoms. The van der Waals surface area contributed by atoms with Gasteiger partial charge in [0.1, 0.15) is 5.03 Å². The molecule has 0 saturated carbocycles. The van der Waals surface area contributed by atoms with Crippen LogP contribution in [0.3, 0.4) is 0 Å². The molecule has 17 heavy (non-hydrogen) atoms. The molecular weight excluding hydrogens is 254 g/mol. The molecule has 2 aromatic rings. The highest BCUT2D eigenvalue weighted by atomic mass is 35.5. The van der Waals surface area contributed by atoms with Crippen LogP contribution < -0.4 is 0 Å². The molecule has 0 aliphatic heterocycles. The summed E-state index contributed by atoms with van der Waals surface area (Å²) in [6.45, 7) is 1.75. The van der Waals surface area contributed by atoms with Crippen LogP contribution in [-0.4, -0.2) is 10.1 Å². The summed E-state index contributed by atoms with van der Waals surface area (Å²) in [7, 11) is 0. The molecule has 0 saturated heterocycles. The Morgan fingerprint density at radius 3 is 2.41 bits per heavy atom. The van der Waals surface area contributed by atoms with Crippen LogP contribution in [-0.2, 0) is 0 Å². The predicted octanol–water partition coefficient (Wildman–Crippen LogP) is 3.94. The zero-order valence-corrected chi connectivity index (χ0v) is 10.9. The van der Waals surface area contributed by atoms with Crippen LogP contribution in [0.1, 0.15) is 18.6 Å². The molecule has 1 aromatic heterocycles. The Morgan fingerprint density at radius 1 is 1.18 bits per heavy atom. The van der Waals surface area contributed by atoms with Crippen molar-refractivity contribution in [2.24, 2.45) is 0 Å². The van der Waals surface area contributed by atoms with Gasteiger partial charge in [0, 0.05) is 11.1 Å². The number of hydrogen-bond acceptors (Lipinski definition) is 3. The van der Waals surface area contributed by atoms with E-state index in [0.717, 1.165) is 15.5 Å². The van der Waals surface area contributed by atoms with E-state index in [1.807, 2.05) is 36.4 Å². The van der Waals surface area contributed by atoms with Gasteiger partial charge in [-0.15, -0.1) is 0 Å². The summed E-state index contributed by atoms with van der Waals surface area (Å²) in [6.07, 6.45) is 1.20. The molecule has 0 amide bonds. The highest BCUT2D eigenvalue weighted by Gasteiger charge is 2.02. The maximum absolute atomic E-state index is 9.40. The SMILES string of the molecule is CC(O)c1ccc(Sc2ccc(Cl)cn2)cc1. The van der Waals surface area contributed by atoms with E-state index in [1.165, 1.54) is 0 Å². The third-order valence-electron chi connectivity index (χ3n) is 2.29. The van der Waals surface area contributed by atoms with Crippen molar-refractivity contribution in [3.8, 4) is 0 Å². The van der Waals surface area contributed by atoms with E-state index in [0.29, 0.717) is 5.02 Å². The van der Waals surface area contributed by atoms with E-state index in [4.69, 9.17) is 11.6 Å². The van der Waals surface area contributed by atoms with Crippen LogP contribution >= 0.6 is 23.4 Å². The molecular formula is C13H12ClNOS. The average molecular weight is 266 g/mol. The number of rotatable bonds is 3. The average Bonchev–Trinajstić information content (AvgIpc) is 2.33. The zero-order chi connectivity index (χ0) is 12.3. The van der Waals surface area contributed by atoms with Crippen LogP contribution in [0.2, 0.25) is 5.02 Å². The number of aliphatic hydroxyl groups excluding tert-OH is 1. The van der Waals surface area contributed by atoms with Gasteiger partial charge in [-0.2, -0.15) is 0 Å². The lowest BCUT2D eigenvalue weighted by Gasteiger charge is -2.05. The van der Waals surface area contributed by atoms with E-state index >= 15 is 0 Å². The van der Waals surface area contributed by atoms with Crippen molar-refractivity contribution >= 4 is 23.4 Å². The van der Waals surface area contributed by atoms with Crippen molar-refractivity contribution in [1.29, 1.82) is 0 Å². The zero-order valence-electron chi connectivity index (χ0n) is 9.30. The molecule has 0 radical (unpaired) electrons. The fourth-order valence-corrected chi connectivity index (χ4v) is 2.22. The van der Waals surface area contributed by atoms with E-state index < -0.39 is 6.10 Å². The Kier molecular flexibility index (Phi) is 4.05. The molecule has 1 N–H and O–H groups in total. The Balaban J connectivity index is 2.11. The lowest BCUT2D eigenvalue weighted by molar-refractivity contribution is 0.199. The summed E-state index contributed by atoms with van der Waals surface area (Å²) < 4.78 is 0. The Bertz CT molecular complexity index is 482. The van der Waals surface area contributed by atoms with Crippen molar-refractivity contribution in [2.75, 3.05) is 0 Å². The van der Waals surface area contributed by atoms with Crippen molar-refractivity contribution in [3.05, 3.63) is 53.2 Å². The summed E-state index contributed by atoms with van der Waals surface area (Å²) in [5.74, 6) is 0. The van der Waals surface area contributed by atoms with Crippen LogP contribution in [0.5, 0.6) is 0 Å². The van der Waals surface area contributed by atoms with Crippen molar-refractivity contribution < 1.29 is 5.11 Å². The van der Waals surface area contributed by atoms with Gasteiger partial charge in [-0.1, -0.05) is 35.5 Å². The maximum Gasteiger partial charge on any atom is 0.101 e. The van der Waals surface area contributed by atoms with Crippen LogP contribution in [0.4, 0.5) is 0 Å². The monoisotopic (exact) mass is 265 g/mol. The van der Waals surface area contributed by atoms with E-state index in [2.05, 4.69) is 4.98 Å². The third-order valence-corrected chi connectivity index (χ3v) is 3.47. The normalized spacial score (nSPS) is 12.4. The second-order valence-electron chi connectivity index (χ2n) is 3.66. The molecule has 2 rings (SSSR count). The van der Waals surface area contributed by atoms with Crippen LogP contribution in [0.25, 0.3) is 0 Å². The number of aromatic nitrogens is 1. The van der Waals surface area contributed by atoms with Gasteiger partial charge >= 0.3 is 0 Å². The smallest absolute Gasteiger partial charge is 0.101 e. The number of aliphatic hydroxyl groups is 1. The van der Waals surface area contributed by atoms with Gasteiger partial charge in [-0.25, -0.2) is 4.98 Å². The maximum atomic E-state index is 9.40. The second-order valence-corrected chi connectivity index (χ2v) is 5.19. The number of nitrogens with zero attached hydrogens (tertiary/aromatic N) is 1. The minimum atomic E-state index is -0.428. The topological polar surface area (TPSA) is 33.1 Å². The number of hydrogen-bond donors (Lipinski definition) is 1. The fourth-order valence-electron chi connectivity index (χ4n) is 1.36. The summed E-state index contributed by atoms with van der Waals surface area (Å²) in [4.78, 5) is 5.30. The molecule has 1 aromatic carbocycles. The highest BCUT2D eigenvalue weighted by molar-refractivity contribution is 7.99. The first kappa shape index (κ1) is 12.4. The minimum absolute atomic E-state index is 0.428. The number of halogens is 1. The molecule has 0 fully saturated rings. The second kappa shape index (κ2) is 5.54. The molecule has 1 atom stereocenters. The van der Waals surface area contributed by atoms with Gasteiger partial charge in [-0.3, -0.25) is 0 Å². The first-order chi connectivity index (χ1) is 8.15. The summed E-state index contributed by atoms with van der Waals surface area (Å²) in [5, 5.41) is 10.9. The number of benzene rings is 1. The first-order valence-electron chi connectivity index (χ1n) is 5.22. The molecule has 88 valence electrons. The lowest BCUT2D eigenvalue weighted by Crippen LogP contribution is -1.89. The first-order valence-corrected chi connectivity index (χ1v) is 6.42. The predicted molar refractivity (Wildman–Crippen MR) is 70.4 cm³/mol. The van der Waals surface area contributed by atoms with Gasteiger partial charge in [0.25, 0.3) is 0 Å². The van der Waals surface area contributed by atoms with Gasteiger partial charge in [0.15, 0.2) is 0 Å². The Morgan fingerprint density at radius 2 is 1.88 bits per heavy atom. The molecule has 0 aliphatic carbocycles. The van der Waals surface area contributed by atoms with Gasteiger partial charge in [-0.05, 0) is 36.8 Å². The molecule has 2 nitrogen and oxygen atoms in total. The summed E-state index contributed by atoms with van der Waals surface area (Å²) >= 11 is 7.34. The van der Waals surface area contributed by atoms with Crippen molar-refractivity contribution in [2.45, 2.75) is 22.9 Å². The van der Waals surface area contributed by atoms with Gasteiger partial charge in [0.05, 0.1) is 11.1 Å². The highest BCUT2D eigenvalue weighted by Crippen LogP contribution is 2.27. The minimum Gasteiger partial charge on any atom is -0.389 e. The fraction of sp³-hybridized carbons (Fsp3) is 0.154. The molecule has 1 unspecified atom stereocenters. The molecule has 1 heterocycles. The molecule has 0 bridgehead atoms. The standard InChI is InChI=1S/C13H12ClNOS/c1-9(16)10-2-5-12(6-3-10)17-13-7-4-11(14)8-15-13/h2-9,16H,1H3. The largest absolute Gasteiger partial charge is 0.389 e. The number of pyridine rings is 1. The lowest BCUT2D eigenvalue weighted by atomic mass is 10.1. The van der Waals surface area contributed by atoms with E-state index in [-0.39, 0.29) is 0 Å². The van der Waals surface area contributed by atoms with Gasteiger partial charge in [0.2, 0.25) is 0 Å². The van der Waals surface area contributed by atoms with Gasteiger partial charge < -0.3 is 5.11 Å². The van der Waals surface area contributed by atoms with E-state index in [1.54, 1.807) is 24.9 Å². The van der Waals surface area contributed by atoms with Crippen LogP contribution in [0, 0.1) is 0 Å². The Labute approximate surface area is 110 Å². The van der Waals surface area contributed by atoms with Crippen LogP contribution in [0.15, 0.2) is 52.5 Å². The molecule has 0 aliphatic rings. The Hall–Kier alpha value is -1.03. The summed E-state index contributed by atoms with van der Waals surface area (Å²) in [6, 6.07) is 11.5. The van der Waals surface area contributed by atoms with E-state index in [9.17, 15) is 5.11 Å². The summed E-state index contributed by atoms with van der Waals surface area (Å²) in [5.41, 5.74) is 0.915. The van der Waals surface area contributed by atoms with Crippen molar-refractivity contribution in [3.63, 3.8) is 0 Å². The van der Waals surface area contributed by atoms with Crippen molar-refractivity contribution in [1.82, 2.24) is 4.98 Å². The third kappa shape index (κ3) is 3.46.